The second-order valence-electron chi connectivity index (χ2n) is 6.26. The summed E-state index contributed by atoms with van der Waals surface area (Å²) in [5, 5.41) is 3.98. The molecule has 0 saturated carbocycles. The minimum absolute atomic E-state index is 0.0427. The van der Waals surface area contributed by atoms with Gasteiger partial charge in [-0.1, -0.05) is 25.9 Å². The number of rotatable bonds is 4. The lowest BCUT2D eigenvalue weighted by Crippen LogP contribution is -2.27. The summed E-state index contributed by atoms with van der Waals surface area (Å²) in [5.74, 6) is 1.50. The number of likely N-dealkylation sites (N-methyl/N-ethyl adjacent to an activating group) is 1. The zero-order valence-electron chi connectivity index (χ0n) is 13.7. The molecule has 0 fully saturated rings. The fraction of sp³-hybridized carbons (Fsp3) is 0.412. The molecule has 1 heterocycles. The van der Waals surface area contributed by atoms with Crippen molar-refractivity contribution in [1.29, 1.82) is 0 Å². The number of hydrogen-bond acceptors (Lipinski definition) is 4. The number of ether oxygens (including phenoxy) is 1. The van der Waals surface area contributed by atoms with Gasteiger partial charge in [0, 0.05) is 24.2 Å². The number of anilines is 1. The number of aromatic nitrogens is 1. The molecule has 1 amide bonds. The van der Waals surface area contributed by atoms with Crippen molar-refractivity contribution in [2.75, 3.05) is 19.1 Å². The molecule has 1 aromatic heterocycles. The van der Waals surface area contributed by atoms with Crippen molar-refractivity contribution in [2.24, 2.45) is 0 Å². The lowest BCUT2D eigenvalue weighted by atomic mass is 9.93. The second-order valence-corrected chi connectivity index (χ2v) is 6.26. The van der Waals surface area contributed by atoms with Crippen LogP contribution in [0, 0.1) is 0 Å². The number of hydrogen-bond donors (Lipinski definition) is 0. The summed E-state index contributed by atoms with van der Waals surface area (Å²) in [4.78, 5) is 13.9. The monoisotopic (exact) mass is 302 g/mol. The van der Waals surface area contributed by atoms with Gasteiger partial charge in [-0.2, -0.15) is 0 Å². The van der Waals surface area contributed by atoms with E-state index in [-0.39, 0.29) is 17.7 Å². The minimum Gasteiger partial charge on any atom is -0.497 e. The van der Waals surface area contributed by atoms with Crippen molar-refractivity contribution >= 4 is 11.6 Å². The van der Waals surface area contributed by atoms with Crippen LogP contribution in [-0.2, 0) is 16.6 Å². The molecule has 0 aliphatic carbocycles. The summed E-state index contributed by atoms with van der Waals surface area (Å²) < 4.78 is 10.4. The summed E-state index contributed by atoms with van der Waals surface area (Å²) in [5.41, 5.74) is 1.34. The van der Waals surface area contributed by atoms with Gasteiger partial charge >= 0.3 is 0 Å². The Morgan fingerprint density at radius 3 is 2.41 bits per heavy atom. The summed E-state index contributed by atoms with van der Waals surface area (Å²) >= 11 is 0. The first-order valence-corrected chi connectivity index (χ1v) is 7.18. The van der Waals surface area contributed by atoms with Crippen molar-refractivity contribution in [3.63, 3.8) is 0 Å². The van der Waals surface area contributed by atoms with Crippen LogP contribution < -0.4 is 9.64 Å². The Bertz CT molecular complexity index is 639. The molecule has 5 heteroatoms. The first-order chi connectivity index (χ1) is 10.3. The largest absolute Gasteiger partial charge is 0.497 e. The maximum Gasteiger partial charge on any atom is 0.232 e. The summed E-state index contributed by atoms with van der Waals surface area (Å²) in [6.45, 7) is 6.13. The highest BCUT2D eigenvalue weighted by Gasteiger charge is 2.21. The van der Waals surface area contributed by atoms with Crippen LogP contribution in [0.5, 0.6) is 5.75 Å². The van der Waals surface area contributed by atoms with Crippen LogP contribution in [0.3, 0.4) is 0 Å². The van der Waals surface area contributed by atoms with Crippen molar-refractivity contribution in [1.82, 2.24) is 5.16 Å². The van der Waals surface area contributed by atoms with Gasteiger partial charge in [0.25, 0.3) is 0 Å². The van der Waals surface area contributed by atoms with E-state index in [1.165, 1.54) is 0 Å². The van der Waals surface area contributed by atoms with Crippen molar-refractivity contribution in [2.45, 2.75) is 32.6 Å². The van der Waals surface area contributed by atoms with Crippen LogP contribution in [0.25, 0.3) is 0 Å². The van der Waals surface area contributed by atoms with Gasteiger partial charge in [-0.3, -0.25) is 4.79 Å². The van der Waals surface area contributed by atoms with E-state index >= 15 is 0 Å². The lowest BCUT2D eigenvalue weighted by Gasteiger charge is -2.17. The highest BCUT2D eigenvalue weighted by atomic mass is 16.5. The van der Waals surface area contributed by atoms with E-state index in [9.17, 15) is 4.79 Å². The Labute approximate surface area is 130 Å². The average Bonchev–Trinajstić information content (AvgIpc) is 2.95. The Hall–Kier alpha value is -2.30. The molecule has 2 aromatic rings. The predicted molar refractivity (Wildman–Crippen MR) is 85.3 cm³/mol. The molecule has 1 aromatic carbocycles. The quantitative estimate of drug-likeness (QED) is 0.870. The molecule has 0 aliphatic rings. The molecule has 0 aliphatic heterocycles. The molecule has 0 saturated heterocycles. The fourth-order valence-corrected chi connectivity index (χ4v) is 1.97. The van der Waals surface area contributed by atoms with Gasteiger partial charge < -0.3 is 14.2 Å². The van der Waals surface area contributed by atoms with E-state index < -0.39 is 0 Å². The molecule has 0 bridgehead atoms. The van der Waals surface area contributed by atoms with Gasteiger partial charge in [-0.05, 0) is 24.3 Å². The third kappa shape index (κ3) is 3.67. The topological polar surface area (TPSA) is 55.6 Å². The third-order valence-corrected chi connectivity index (χ3v) is 3.46. The van der Waals surface area contributed by atoms with Gasteiger partial charge in [0.1, 0.15) is 11.5 Å². The summed E-state index contributed by atoms with van der Waals surface area (Å²) in [6, 6.07) is 9.19. The van der Waals surface area contributed by atoms with E-state index in [0.717, 1.165) is 17.2 Å². The standard InChI is InChI=1S/C17H22N2O3/c1-17(2,3)15-10-12(18-22-15)11-16(20)19(4)13-6-8-14(21-5)9-7-13/h6-10H,11H2,1-5H3. The molecule has 0 radical (unpaired) electrons. The molecular formula is C17H22N2O3. The minimum atomic E-state index is -0.115. The van der Waals surface area contributed by atoms with Gasteiger partial charge in [-0.15, -0.1) is 0 Å². The summed E-state index contributed by atoms with van der Waals surface area (Å²) in [7, 11) is 3.36. The van der Waals surface area contributed by atoms with Crippen molar-refractivity contribution in [3.8, 4) is 5.75 Å². The number of benzene rings is 1. The number of carbonyl (C=O) groups is 1. The molecule has 0 spiro atoms. The zero-order valence-corrected chi connectivity index (χ0v) is 13.7. The van der Waals surface area contributed by atoms with Gasteiger partial charge in [0.15, 0.2) is 0 Å². The first kappa shape index (κ1) is 16.1. The predicted octanol–water partition coefficient (Wildman–Crippen LogP) is 3.19. The van der Waals surface area contributed by atoms with Crippen molar-refractivity contribution in [3.05, 3.63) is 41.8 Å². The smallest absolute Gasteiger partial charge is 0.232 e. The van der Waals surface area contributed by atoms with Crippen LogP contribution in [0.15, 0.2) is 34.9 Å². The van der Waals surface area contributed by atoms with Gasteiger partial charge in [-0.25, -0.2) is 0 Å². The molecule has 118 valence electrons. The molecule has 0 N–H and O–H groups in total. The van der Waals surface area contributed by atoms with Crippen LogP contribution in [0.1, 0.15) is 32.2 Å². The number of carbonyl (C=O) groups excluding carboxylic acids is 1. The zero-order chi connectivity index (χ0) is 16.3. The summed E-state index contributed by atoms with van der Waals surface area (Å²) in [6.07, 6.45) is 0.210. The number of amides is 1. The average molecular weight is 302 g/mol. The Morgan fingerprint density at radius 2 is 1.91 bits per heavy atom. The van der Waals surface area contributed by atoms with E-state index in [2.05, 4.69) is 5.16 Å². The van der Waals surface area contributed by atoms with Crippen LogP contribution in [-0.4, -0.2) is 25.2 Å². The Balaban J connectivity index is 2.06. The van der Waals surface area contributed by atoms with Gasteiger partial charge in [0.05, 0.1) is 19.2 Å². The van der Waals surface area contributed by atoms with Crippen LogP contribution in [0.2, 0.25) is 0 Å². The molecule has 2 rings (SSSR count). The highest BCUT2D eigenvalue weighted by molar-refractivity contribution is 5.94. The van der Waals surface area contributed by atoms with Crippen LogP contribution in [0.4, 0.5) is 5.69 Å². The highest BCUT2D eigenvalue weighted by Crippen LogP contribution is 2.23. The molecule has 5 nitrogen and oxygen atoms in total. The third-order valence-electron chi connectivity index (χ3n) is 3.46. The normalized spacial score (nSPS) is 11.3. The molecular weight excluding hydrogens is 280 g/mol. The lowest BCUT2D eigenvalue weighted by molar-refractivity contribution is -0.117. The van der Waals surface area contributed by atoms with E-state index in [4.69, 9.17) is 9.26 Å². The number of methoxy groups -OCH3 is 1. The maximum absolute atomic E-state index is 12.3. The molecule has 0 atom stereocenters. The van der Waals surface area contributed by atoms with Gasteiger partial charge in [0.2, 0.25) is 5.91 Å². The number of nitrogens with zero attached hydrogens (tertiary/aromatic N) is 2. The van der Waals surface area contributed by atoms with E-state index in [1.54, 1.807) is 19.1 Å². The molecule has 22 heavy (non-hydrogen) atoms. The first-order valence-electron chi connectivity index (χ1n) is 7.18. The SMILES string of the molecule is COc1ccc(N(C)C(=O)Cc2cc(C(C)(C)C)on2)cc1. The molecule has 0 unspecified atom stereocenters. The van der Waals surface area contributed by atoms with Crippen LogP contribution >= 0.6 is 0 Å². The maximum atomic E-state index is 12.3. The van der Waals surface area contributed by atoms with E-state index in [0.29, 0.717) is 5.69 Å². The van der Waals surface area contributed by atoms with Crippen molar-refractivity contribution < 1.29 is 14.1 Å². The fourth-order valence-electron chi connectivity index (χ4n) is 1.97. The second kappa shape index (κ2) is 6.22. The van der Waals surface area contributed by atoms with E-state index in [1.807, 2.05) is 51.1 Å². The Kier molecular flexibility index (Phi) is 4.54. The Morgan fingerprint density at radius 1 is 1.27 bits per heavy atom.